The van der Waals surface area contributed by atoms with Gasteiger partial charge in [-0.15, -0.1) is 19.8 Å². The molecule has 27 heavy (non-hydrogen) atoms. The summed E-state index contributed by atoms with van der Waals surface area (Å²) in [5.74, 6) is -0.540. The van der Waals surface area contributed by atoms with E-state index in [4.69, 9.17) is 9.88 Å². The SMILES string of the molecule is C=CCC1Oc2cccc(OC(F)(F)F)c2-c2ccc(CS(N)(=O)=O)cc21. The van der Waals surface area contributed by atoms with Crippen LogP contribution in [0.3, 0.4) is 0 Å². The maximum Gasteiger partial charge on any atom is 0.573 e. The molecule has 1 atom stereocenters. The van der Waals surface area contributed by atoms with Gasteiger partial charge in [-0.05, 0) is 23.3 Å². The van der Waals surface area contributed by atoms with Crippen molar-refractivity contribution in [3.63, 3.8) is 0 Å². The second-order valence-electron chi connectivity index (χ2n) is 6.04. The number of sulfonamides is 1. The first-order valence-corrected chi connectivity index (χ1v) is 9.59. The van der Waals surface area contributed by atoms with Crippen LogP contribution in [0.15, 0.2) is 49.1 Å². The summed E-state index contributed by atoms with van der Waals surface area (Å²) in [6.07, 6.45) is -3.38. The summed E-state index contributed by atoms with van der Waals surface area (Å²) in [4.78, 5) is 0. The quantitative estimate of drug-likeness (QED) is 0.770. The first-order chi connectivity index (χ1) is 12.6. The molecule has 9 heteroatoms. The first kappa shape index (κ1) is 19.2. The van der Waals surface area contributed by atoms with Gasteiger partial charge in [0.15, 0.2) is 0 Å². The number of ether oxygens (including phenoxy) is 2. The predicted octanol–water partition coefficient (Wildman–Crippen LogP) is 4.05. The van der Waals surface area contributed by atoms with Gasteiger partial charge in [0.25, 0.3) is 0 Å². The van der Waals surface area contributed by atoms with E-state index in [2.05, 4.69) is 11.3 Å². The summed E-state index contributed by atoms with van der Waals surface area (Å²) < 4.78 is 71.1. The number of nitrogens with two attached hydrogens (primary N) is 1. The third-order valence-electron chi connectivity index (χ3n) is 3.96. The minimum Gasteiger partial charge on any atom is -0.485 e. The van der Waals surface area contributed by atoms with E-state index in [-0.39, 0.29) is 11.3 Å². The normalized spacial score (nSPS) is 16.1. The standard InChI is InChI=1S/C18H16F3NO4S/c1-2-4-14-13-9-11(10-27(22,23)24)7-8-12(13)17-15(25-14)5-3-6-16(17)26-18(19,20)21/h2-3,5-9,14H,1,4,10H2,(H2,22,23,24). The molecule has 2 aromatic carbocycles. The number of fused-ring (bicyclic) bond motifs is 3. The molecule has 0 amide bonds. The van der Waals surface area contributed by atoms with E-state index in [1.165, 1.54) is 18.2 Å². The van der Waals surface area contributed by atoms with Crippen LogP contribution in [0, 0.1) is 0 Å². The molecular weight excluding hydrogens is 383 g/mol. The van der Waals surface area contributed by atoms with Gasteiger partial charge in [0, 0.05) is 12.0 Å². The Bertz CT molecular complexity index is 987. The van der Waals surface area contributed by atoms with Crippen LogP contribution in [0.4, 0.5) is 13.2 Å². The molecule has 1 unspecified atom stereocenters. The zero-order chi connectivity index (χ0) is 19.8. The molecule has 0 fully saturated rings. The van der Waals surface area contributed by atoms with Gasteiger partial charge >= 0.3 is 6.36 Å². The zero-order valence-electron chi connectivity index (χ0n) is 14.0. The van der Waals surface area contributed by atoms with Gasteiger partial charge in [-0.2, -0.15) is 0 Å². The van der Waals surface area contributed by atoms with E-state index in [1.807, 2.05) is 0 Å². The van der Waals surface area contributed by atoms with E-state index in [9.17, 15) is 21.6 Å². The van der Waals surface area contributed by atoms with Gasteiger partial charge in [-0.1, -0.05) is 30.3 Å². The largest absolute Gasteiger partial charge is 0.573 e. The fourth-order valence-corrected chi connectivity index (χ4v) is 3.70. The summed E-state index contributed by atoms with van der Waals surface area (Å²) in [6.45, 7) is 3.66. The van der Waals surface area contributed by atoms with Crippen LogP contribution in [-0.4, -0.2) is 14.8 Å². The smallest absolute Gasteiger partial charge is 0.485 e. The lowest BCUT2D eigenvalue weighted by Crippen LogP contribution is -2.20. The third kappa shape index (κ3) is 4.42. The number of alkyl halides is 3. The van der Waals surface area contributed by atoms with Gasteiger partial charge in [-0.25, -0.2) is 13.6 Å². The zero-order valence-corrected chi connectivity index (χ0v) is 14.8. The number of hydrogen-bond acceptors (Lipinski definition) is 4. The van der Waals surface area contributed by atoms with Crippen molar-refractivity contribution in [1.82, 2.24) is 0 Å². The van der Waals surface area contributed by atoms with Gasteiger partial charge in [0.2, 0.25) is 10.0 Å². The molecule has 0 aromatic heterocycles. The van der Waals surface area contributed by atoms with Crippen molar-refractivity contribution < 1.29 is 31.1 Å². The highest BCUT2D eigenvalue weighted by molar-refractivity contribution is 7.88. The molecule has 0 saturated heterocycles. The number of halogens is 3. The molecule has 2 aromatic rings. The highest BCUT2D eigenvalue weighted by Crippen LogP contribution is 2.49. The van der Waals surface area contributed by atoms with Crippen molar-refractivity contribution in [3.05, 3.63) is 60.2 Å². The maximum atomic E-state index is 12.8. The summed E-state index contributed by atoms with van der Waals surface area (Å²) in [5, 5.41) is 5.09. The van der Waals surface area contributed by atoms with Crippen LogP contribution in [0.5, 0.6) is 11.5 Å². The number of hydrogen-bond donors (Lipinski definition) is 1. The number of benzene rings is 2. The molecule has 144 valence electrons. The van der Waals surface area contributed by atoms with E-state index in [1.54, 1.807) is 24.3 Å². The lowest BCUT2D eigenvalue weighted by Gasteiger charge is -2.30. The van der Waals surface area contributed by atoms with Crippen LogP contribution in [0.2, 0.25) is 0 Å². The van der Waals surface area contributed by atoms with Crippen molar-refractivity contribution >= 4 is 10.0 Å². The molecule has 0 radical (unpaired) electrons. The van der Waals surface area contributed by atoms with E-state index in [0.29, 0.717) is 23.1 Å². The minimum absolute atomic E-state index is 0.160. The predicted molar refractivity (Wildman–Crippen MR) is 93.6 cm³/mol. The molecule has 3 rings (SSSR count). The molecule has 1 heterocycles. The number of primary sulfonamides is 1. The Morgan fingerprint density at radius 3 is 2.63 bits per heavy atom. The molecule has 0 bridgehead atoms. The first-order valence-electron chi connectivity index (χ1n) is 7.87. The van der Waals surface area contributed by atoms with Gasteiger partial charge < -0.3 is 9.47 Å². The van der Waals surface area contributed by atoms with Crippen molar-refractivity contribution in [2.45, 2.75) is 24.6 Å². The Kier molecular flexibility index (Phi) is 4.92. The topological polar surface area (TPSA) is 78.6 Å². The lowest BCUT2D eigenvalue weighted by molar-refractivity contribution is -0.274. The summed E-state index contributed by atoms with van der Waals surface area (Å²) in [6, 6.07) is 8.79. The fraction of sp³-hybridized carbons (Fsp3) is 0.222. The number of rotatable bonds is 5. The van der Waals surface area contributed by atoms with E-state index < -0.39 is 34.0 Å². The maximum absolute atomic E-state index is 12.8. The summed E-state index contributed by atoms with van der Waals surface area (Å²) >= 11 is 0. The monoisotopic (exact) mass is 399 g/mol. The summed E-state index contributed by atoms with van der Waals surface area (Å²) in [5.41, 5.74) is 1.58. The molecule has 0 aliphatic carbocycles. The van der Waals surface area contributed by atoms with Crippen LogP contribution in [-0.2, 0) is 15.8 Å². The van der Waals surface area contributed by atoms with E-state index in [0.717, 1.165) is 0 Å². The van der Waals surface area contributed by atoms with Crippen molar-refractivity contribution in [2.75, 3.05) is 0 Å². The molecule has 0 saturated carbocycles. The Balaban J connectivity index is 2.16. The minimum atomic E-state index is -4.86. The molecule has 1 aliphatic heterocycles. The van der Waals surface area contributed by atoms with Gasteiger partial charge in [0.1, 0.15) is 17.6 Å². The molecule has 2 N–H and O–H groups in total. The second-order valence-corrected chi connectivity index (χ2v) is 7.65. The Morgan fingerprint density at radius 2 is 2.00 bits per heavy atom. The second kappa shape index (κ2) is 6.90. The molecule has 0 spiro atoms. The summed E-state index contributed by atoms with van der Waals surface area (Å²) in [7, 11) is -3.76. The third-order valence-corrected chi connectivity index (χ3v) is 4.70. The Hall–Kier alpha value is -2.52. The van der Waals surface area contributed by atoms with Crippen LogP contribution in [0.1, 0.15) is 23.7 Å². The highest BCUT2D eigenvalue weighted by atomic mass is 32.2. The van der Waals surface area contributed by atoms with Crippen LogP contribution < -0.4 is 14.6 Å². The van der Waals surface area contributed by atoms with E-state index >= 15 is 0 Å². The molecular formula is C18H16F3NO4S. The van der Waals surface area contributed by atoms with Crippen molar-refractivity contribution in [3.8, 4) is 22.6 Å². The Morgan fingerprint density at radius 1 is 1.26 bits per heavy atom. The average molecular weight is 399 g/mol. The molecule has 5 nitrogen and oxygen atoms in total. The fourth-order valence-electron chi connectivity index (χ4n) is 3.06. The van der Waals surface area contributed by atoms with Crippen molar-refractivity contribution in [2.24, 2.45) is 5.14 Å². The van der Waals surface area contributed by atoms with Crippen LogP contribution >= 0.6 is 0 Å². The Labute approximate surface area is 154 Å². The van der Waals surface area contributed by atoms with Crippen molar-refractivity contribution in [1.29, 1.82) is 0 Å². The van der Waals surface area contributed by atoms with Gasteiger partial charge in [-0.3, -0.25) is 0 Å². The highest BCUT2D eigenvalue weighted by Gasteiger charge is 2.35. The average Bonchev–Trinajstić information content (AvgIpc) is 2.52. The van der Waals surface area contributed by atoms with Crippen LogP contribution in [0.25, 0.3) is 11.1 Å². The molecule has 1 aliphatic rings. The van der Waals surface area contributed by atoms with Gasteiger partial charge in [0.05, 0.1) is 11.3 Å². The lowest BCUT2D eigenvalue weighted by atomic mass is 9.89.